The first-order valence-corrected chi connectivity index (χ1v) is 5.23. The summed E-state index contributed by atoms with van der Waals surface area (Å²) in [5.41, 5.74) is 2.11. The first-order chi connectivity index (χ1) is 8.33. The van der Waals surface area contributed by atoms with Crippen molar-refractivity contribution in [1.82, 2.24) is 9.38 Å². The third kappa shape index (κ3) is 1.38. The Morgan fingerprint density at radius 2 is 2.18 bits per heavy atom. The molecule has 3 rings (SSSR count). The zero-order valence-corrected chi connectivity index (χ0v) is 9.25. The zero-order chi connectivity index (χ0) is 11.8. The first-order valence-electron chi connectivity index (χ1n) is 5.23. The summed E-state index contributed by atoms with van der Waals surface area (Å²) in [6.45, 7) is 0. The van der Waals surface area contributed by atoms with Crippen LogP contribution in [0.5, 0.6) is 5.75 Å². The van der Waals surface area contributed by atoms with E-state index in [-0.39, 0.29) is 0 Å². The molecule has 84 valence electrons. The predicted octanol–water partition coefficient (Wildman–Crippen LogP) is 2.31. The van der Waals surface area contributed by atoms with Crippen LogP contribution in [0.2, 0.25) is 0 Å². The SMILES string of the molecule is COc1cc2nc(C=O)cn2c2ccccc12. The van der Waals surface area contributed by atoms with E-state index in [1.54, 1.807) is 13.3 Å². The van der Waals surface area contributed by atoms with Crippen LogP contribution < -0.4 is 4.74 Å². The summed E-state index contributed by atoms with van der Waals surface area (Å²) in [5, 5.41) is 0.998. The van der Waals surface area contributed by atoms with Crippen LogP contribution in [-0.2, 0) is 0 Å². The Labute approximate surface area is 97.5 Å². The zero-order valence-electron chi connectivity index (χ0n) is 9.25. The molecule has 2 heterocycles. The lowest BCUT2D eigenvalue weighted by atomic mass is 10.2. The van der Waals surface area contributed by atoms with E-state index in [0.29, 0.717) is 11.3 Å². The summed E-state index contributed by atoms with van der Waals surface area (Å²) in [5.74, 6) is 0.760. The van der Waals surface area contributed by atoms with Crippen molar-refractivity contribution in [2.75, 3.05) is 7.11 Å². The van der Waals surface area contributed by atoms with Gasteiger partial charge in [-0.2, -0.15) is 0 Å². The van der Waals surface area contributed by atoms with Gasteiger partial charge in [0.05, 0.1) is 12.6 Å². The molecular formula is C13H10N2O2. The smallest absolute Gasteiger partial charge is 0.170 e. The highest BCUT2D eigenvalue weighted by Gasteiger charge is 2.08. The number of rotatable bonds is 2. The van der Waals surface area contributed by atoms with Gasteiger partial charge in [0.2, 0.25) is 0 Å². The van der Waals surface area contributed by atoms with E-state index in [1.165, 1.54) is 0 Å². The van der Waals surface area contributed by atoms with Crippen molar-refractivity contribution in [3.8, 4) is 5.75 Å². The number of hydrogen-bond acceptors (Lipinski definition) is 3. The molecule has 0 amide bonds. The normalized spacial score (nSPS) is 10.9. The number of carbonyl (C=O) groups excluding carboxylic acids is 1. The summed E-state index contributed by atoms with van der Waals surface area (Å²) in [6.07, 6.45) is 2.47. The summed E-state index contributed by atoms with van der Waals surface area (Å²) < 4.78 is 7.23. The second-order valence-corrected chi connectivity index (χ2v) is 3.74. The Kier molecular flexibility index (Phi) is 2.08. The molecule has 0 N–H and O–H groups in total. The van der Waals surface area contributed by atoms with E-state index < -0.39 is 0 Å². The van der Waals surface area contributed by atoms with Crippen molar-refractivity contribution in [1.29, 1.82) is 0 Å². The number of aromatic nitrogens is 2. The maximum absolute atomic E-state index is 10.8. The van der Waals surface area contributed by atoms with E-state index in [0.717, 1.165) is 22.9 Å². The van der Waals surface area contributed by atoms with Crippen molar-refractivity contribution in [3.05, 3.63) is 42.2 Å². The summed E-state index contributed by atoms with van der Waals surface area (Å²) in [6, 6.07) is 9.68. The van der Waals surface area contributed by atoms with Gasteiger partial charge < -0.3 is 4.74 Å². The van der Waals surface area contributed by atoms with E-state index in [2.05, 4.69) is 4.98 Å². The standard InChI is InChI=1S/C13H10N2O2/c1-17-12-6-13-14-9(8-16)7-15(13)11-5-3-2-4-10(11)12/h2-8H,1H3. The number of aldehydes is 1. The number of methoxy groups -OCH3 is 1. The molecule has 0 radical (unpaired) electrons. The van der Waals surface area contributed by atoms with Gasteiger partial charge in [0.15, 0.2) is 6.29 Å². The van der Waals surface area contributed by atoms with Gasteiger partial charge in [-0.15, -0.1) is 0 Å². The molecule has 0 fully saturated rings. The first kappa shape index (κ1) is 9.84. The van der Waals surface area contributed by atoms with Crippen LogP contribution in [0.1, 0.15) is 10.5 Å². The van der Waals surface area contributed by atoms with Crippen LogP contribution in [0.25, 0.3) is 16.6 Å². The van der Waals surface area contributed by atoms with Crippen LogP contribution in [0.4, 0.5) is 0 Å². The van der Waals surface area contributed by atoms with Gasteiger partial charge in [-0.1, -0.05) is 12.1 Å². The van der Waals surface area contributed by atoms with E-state index in [4.69, 9.17) is 4.74 Å². The second kappa shape index (κ2) is 3.59. The Balaban J connectivity index is 2.52. The summed E-state index contributed by atoms with van der Waals surface area (Å²) in [7, 11) is 1.63. The van der Waals surface area contributed by atoms with Gasteiger partial charge in [0.25, 0.3) is 0 Å². The molecule has 0 saturated carbocycles. The van der Waals surface area contributed by atoms with Crippen LogP contribution in [0, 0.1) is 0 Å². The molecule has 3 aromatic rings. The molecular weight excluding hydrogens is 216 g/mol. The molecule has 0 aliphatic rings. The highest BCUT2D eigenvalue weighted by atomic mass is 16.5. The lowest BCUT2D eigenvalue weighted by Gasteiger charge is -2.07. The number of pyridine rings is 1. The van der Waals surface area contributed by atoms with Crippen molar-refractivity contribution >= 4 is 22.8 Å². The predicted molar refractivity (Wildman–Crippen MR) is 64.6 cm³/mol. The number of fused-ring (bicyclic) bond motifs is 3. The molecule has 0 unspecified atom stereocenters. The van der Waals surface area contributed by atoms with Crippen LogP contribution >= 0.6 is 0 Å². The average Bonchev–Trinajstić information content (AvgIpc) is 2.81. The minimum atomic E-state index is 0.420. The fraction of sp³-hybridized carbons (Fsp3) is 0.0769. The van der Waals surface area contributed by atoms with Gasteiger partial charge in [-0.3, -0.25) is 9.20 Å². The Morgan fingerprint density at radius 1 is 1.35 bits per heavy atom. The maximum atomic E-state index is 10.8. The number of para-hydroxylation sites is 1. The number of benzene rings is 1. The van der Waals surface area contributed by atoms with Gasteiger partial charge in [0, 0.05) is 17.6 Å². The average molecular weight is 226 g/mol. The lowest BCUT2D eigenvalue weighted by molar-refractivity contribution is 0.111. The monoisotopic (exact) mass is 226 g/mol. The fourth-order valence-electron chi connectivity index (χ4n) is 2.02. The molecule has 0 saturated heterocycles. The fourth-order valence-corrected chi connectivity index (χ4v) is 2.02. The molecule has 17 heavy (non-hydrogen) atoms. The number of nitrogens with zero attached hydrogens (tertiary/aromatic N) is 2. The molecule has 4 nitrogen and oxygen atoms in total. The summed E-state index contributed by atoms with van der Waals surface area (Å²) in [4.78, 5) is 15.0. The number of imidazole rings is 1. The highest BCUT2D eigenvalue weighted by molar-refractivity contribution is 5.89. The topological polar surface area (TPSA) is 43.6 Å². The third-order valence-electron chi connectivity index (χ3n) is 2.78. The van der Waals surface area contributed by atoms with Crippen LogP contribution in [0.3, 0.4) is 0 Å². The van der Waals surface area contributed by atoms with Gasteiger partial charge >= 0.3 is 0 Å². The number of carbonyl (C=O) groups is 1. The Morgan fingerprint density at radius 3 is 2.94 bits per heavy atom. The molecule has 2 aromatic heterocycles. The minimum Gasteiger partial charge on any atom is -0.496 e. The number of ether oxygens (including phenoxy) is 1. The van der Waals surface area contributed by atoms with E-state index in [1.807, 2.05) is 34.7 Å². The lowest BCUT2D eigenvalue weighted by Crippen LogP contribution is -1.91. The van der Waals surface area contributed by atoms with Gasteiger partial charge in [0.1, 0.15) is 17.1 Å². The van der Waals surface area contributed by atoms with Crippen LogP contribution in [0.15, 0.2) is 36.5 Å². The van der Waals surface area contributed by atoms with Gasteiger partial charge in [-0.25, -0.2) is 4.98 Å². The summed E-state index contributed by atoms with van der Waals surface area (Å²) >= 11 is 0. The molecule has 0 aliphatic carbocycles. The Bertz CT molecular complexity index is 716. The number of hydrogen-bond donors (Lipinski definition) is 0. The van der Waals surface area contributed by atoms with Crippen LogP contribution in [-0.4, -0.2) is 22.8 Å². The molecule has 1 aromatic carbocycles. The van der Waals surface area contributed by atoms with Crippen molar-refractivity contribution in [2.24, 2.45) is 0 Å². The van der Waals surface area contributed by atoms with Gasteiger partial charge in [-0.05, 0) is 12.1 Å². The van der Waals surface area contributed by atoms with Crippen molar-refractivity contribution < 1.29 is 9.53 Å². The molecule has 0 bridgehead atoms. The molecule has 0 atom stereocenters. The van der Waals surface area contributed by atoms with Crippen molar-refractivity contribution in [2.45, 2.75) is 0 Å². The molecule has 4 heteroatoms. The largest absolute Gasteiger partial charge is 0.496 e. The Hall–Kier alpha value is -2.36. The van der Waals surface area contributed by atoms with E-state index >= 15 is 0 Å². The molecule has 0 aliphatic heterocycles. The quantitative estimate of drug-likeness (QED) is 0.630. The third-order valence-corrected chi connectivity index (χ3v) is 2.78. The van der Waals surface area contributed by atoms with E-state index in [9.17, 15) is 4.79 Å². The minimum absolute atomic E-state index is 0.420. The second-order valence-electron chi connectivity index (χ2n) is 3.74. The maximum Gasteiger partial charge on any atom is 0.170 e. The highest BCUT2D eigenvalue weighted by Crippen LogP contribution is 2.27. The van der Waals surface area contributed by atoms with Crippen molar-refractivity contribution in [3.63, 3.8) is 0 Å². The molecule has 0 spiro atoms.